The molecule has 1 atom stereocenters. The SMILES string of the molecule is CCOC(CN)C(=O)Oc1ccccc1. The lowest BCUT2D eigenvalue weighted by Gasteiger charge is -2.13. The number of carbonyl (C=O) groups is 1. The van der Waals surface area contributed by atoms with Gasteiger partial charge in [0.2, 0.25) is 0 Å². The molecule has 1 rings (SSSR count). The van der Waals surface area contributed by atoms with Crippen LogP contribution in [0.2, 0.25) is 0 Å². The first-order valence-electron chi connectivity index (χ1n) is 4.86. The van der Waals surface area contributed by atoms with E-state index in [9.17, 15) is 4.79 Å². The van der Waals surface area contributed by atoms with E-state index in [-0.39, 0.29) is 6.54 Å². The molecule has 0 aliphatic rings. The molecule has 0 fully saturated rings. The first kappa shape index (κ1) is 11.7. The van der Waals surface area contributed by atoms with E-state index in [1.165, 1.54) is 0 Å². The van der Waals surface area contributed by atoms with Crippen molar-refractivity contribution in [2.75, 3.05) is 13.2 Å². The first-order chi connectivity index (χ1) is 7.27. The summed E-state index contributed by atoms with van der Waals surface area (Å²) in [6, 6.07) is 8.84. The smallest absolute Gasteiger partial charge is 0.341 e. The molecule has 0 saturated heterocycles. The van der Waals surface area contributed by atoms with Gasteiger partial charge in [-0.15, -0.1) is 0 Å². The highest BCUT2D eigenvalue weighted by molar-refractivity contribution is 5.77. The van der Waals surface area contributed by atoms with Crippen molar-refractivity contribution in [1.29, 1.82) is 0 Å². The molecule has 1 aromatic rings. The Kier molecular flexibility index (Phi) is 4.80. The van der Waals surface area contributed by atoms with Gasteiger partial charge in [0.25, 0.3) is 0 Å². The zero-order chi connectivity index (χ0) is 11.1. The summed E-state index contributed by atoms with van der Waals surface area (Å²) in [7, 11) is 0. The van der Waals surface area contributed by atoms with Crippen molar-refractivity contribution in [3.63, 3.8) is 0 Å². The lowest BCUT2D eigenvalue weighted by Crippen LogP contribution is -2.35. The van der Waals surface area contributed by atoms with Crippen molar-refractivity contribution < 1.29 is 14.3 Å². The van der Waals surface area contributed by atoms with Crippen LogP contribution in [0.15, 0.2) is 30.3 Å². The summed E-state index contributed by atoms with van der Waals surface area (Å²) in [5.74, 6) is 0.0474. The average molecular weight is 209 g/mol. The number of benzene rings is 1. The summed E-state index contributed by atoms with van der Waals surface area (Å²) in [5.41, 5.74) is 5.39. The molecule has 0 aliphatic carbocycles. The van der Waals surface area contributed by atoms with Crippen molar-refractivity contribution in [3.05, 3.63) is 30.3 Å². The molecule has 4 heteroatoms. The Morgan fingerprint density at radius 1 is 1.40 bits per heavy atom. The van der Waals surface area contributed by atoms with Crippen LogP contribution in [-0.2, 0) is 9.53 Å². The van der Waals surface area contributed by atoms with E-state index in [0.717, 1.165) is 0 Å². The van der Waals surface area contributed by atoms with E-state index in [0.29, 0.717) is 12.4 Å². The summed E-state index contributed by atoms with van der Waals surface area (Å²) in [6.07, 6.45) is -0.685. The van der Waals surface area contributed by atoms with Gasteiger partial charge >= 0.3 is 5.97 Å². The Balaban J connectivity index is 2.54. The van der Waals surface area contributed by atoms with Gasteiger partial charge in [0.15, 0.2) is 6.10 Å². The normalized spacial score (nSPS) is 12.1. The van der Waals surface area contributed by atoms with Crippen LogP contribution >= 0.6 is 0 Å². The second-order valence-corrected chi connectivity index (χ2v) is 2.91. The minimum absolute atomic E-state index is 0.125. The molecule has 0 heterocycles. The third kappa shape index (κ3) is 3.69. The second kappa shape index (κ2) is 6.16. The third-order valence-electron chi connectivity index (χ3n) is 1.81. The van der Waals surface area contributed by atoms with E-state index in [2.05, 4.69) is 0 Å². The van der Waals surface area contributed by atoms with Crippen LogP contribution in [0.1, 0.15) is 6.92 Å². The maximum absolute atomic E-state index is 11.5. The van der Waals surface area contributed by atoms with Crippen molar-refractivity contribution in [1.82, 2.24) is 0 Å². The maximum atomic E-state index is 11.5. The van der Waals surface area contributed by atoms with Crippen LogP contribution in [-0.4, -0.2) is 25.2 Å². The fourth-order valence-electron chi connectivity index (χ4n) is 1.10. The fraction of sp³-hybridized carbons (Fsp3) is 0.364. The molecule has 1 unspecified atom stereocenters. The maximum Gasteiger partial charge on any atom is 0.341 e. The third-order valence-corrected chi connectivity index (χ3v) is 1.81. The van der Waals surface area contributed by atoms with E-state index < -0.39 is 12.1 Å². The number of rotatable bonds is 5. The average Bonchev–Trinajstić information content (AvgIpc) is 2.27. The quantitative estimate of drug-likeness (QED) is 0.579. The van der Waals surface area contributed by atoms with E-state index >= 15 is 0 Å². The molecule has 0 amide bonds. The highest BCUT2D eigenvalue weighted by atomic mass is 16.6. The van der Waals surface area contributed by atoms with Crippen molar-refractivity contribution in [3.8, 4) is 5.75 Å². The summed E-state index contributed by atoms with van der Waals surface area (Å²) >= 11 is 0. The Hall–Kier alpha value is -1.39. The van der Waals surface area contributed by atoms with Crippen LogP contribution < -0.4 is 10.5 Å². The molecule has 0 bridgehead atoms. The Labute approximate surface area is 89.0 Å². The molecule has 0 aliphatic heterocycles. The minimum Gasteiger partial charge on any atom is -0.425 e. The number of ether oxygens (including phenoxy) is 2. The molecule has 2 N–H and O–H groups in total. The summed E-state index contributed by atoms with van der Waals surface area (Å²) in [5, 5.41) is 0. The van der Waals surface area contributed by atoms with Crippen LogP contribution in [0.5, 0.6) is 5.75 Å². The molecule has 82 valence electrons. The minimum atomic E-state index is -0.685. The number of hydrogen-bond donors (Lipinski definition) is 1. The Bertz CT molecular complexity index is 300. The van der Waals surface area contributed by atoms with Gasteiger partial charge in [-0.1, -0.05) is 18.2 Å². The first-order valence-corrected chi connectivity index (χ1v) is 4.86. The predicted molar refractivity (Wildman–Crippen MR) is 56.5 cm³/mol. The van der Waals surface area contributed by atoms with Gasteiger partial charge in [-0.05, 0) is 19.1 Å². The summed E-state index contributed by atoms with van der Waals surface area (Å²) in [4.78, 5) is 11.5. The Morgan fingerprint density at radius 3 is 2.60 bits per heavy atom. The largest absolute Gasteiger partial charge is 0.425 e. The molecule has 1 aromatic carbocycles. The number of nitrogens with two attached hydrogens (primary N) is 1. The van der Waals surface area contributed by atoms with Gasteiger partial charge in [0.05, 0.1) is 0 Å². The number of para-hydroxylation sites is 1. The number of carbonyl (C=O) groups excluding carboxylic acids is 1. The lowest BCUT2D eigenvalue weighted by molar-refractivity contribution is -0.146. The summed E-state index contributed by atoms with van der Waals surface area (Å²) < 4.78 is 10.2. The number of hydrogen-bond acceptors (Lipinski definition) is 4. The van der Waals surface area contributed by atoms with Crippen molar-refractivity contribution >= 4 is 5.97 Å². The molecule has 0 saturated carbocycles. The van der Waals surface area contributed by atoms with Crippen LogP contribution in [0, 0.1) is 0 Å². The zero-order valence-corrected chi connectivity index (χ0v) is 8.68. The number of esters is 1. The predicted octanol–water partition coefficient (Wildman–Crippen LogP) is 0.956. The van der Waals surface area contributed by atoms with Crippen LogP contribution in [0.4, 0.5) is 0 Å². The van der Waals surface area contributed by atoms with Crippen LogP contribution in [0.25, 0.3) is 0 Å². The molecule has 15 heavy (non-hydrogen) atoms. The topological polar surface area (TPSA) is 61.5 Å². The summed E-state index contributed by atoms with van der Waals surface area (Å²) in [6.45, 7) is 2.36. The van der Waals surface area contributed by atoms with E-state index in [1.807, 2.05) is 6.07 Å². The van der Waals surface area contributed by atoms with E-state index in [4.69, 9.17) is 15.2 Å². The van der Waals surface area contributed by atoms with Gasteiger partial charge in [-0.3, -0.25) is 0 Å². The van der Waals surface area contributed by atoms with Crippen molar-refractivity contribution in [2.45, 2.75) is 13.0 Å². The van der Waals surface area contributed by atoms with Gasteiger partial charge in [0.1, 0.15) is 5.75 Å². The molecule has 0 radical (unpaired) electrons. The molecular formula is C11H15NO3. The fourth-order valence-corrected chi connectivity index (χ4v) is 1.10. The van der Waals surface area contributed by atoms with E-state index in [1.54, 1.807) is 31.2 Å². The van der Waals surface area contributed by atoms with Crippen LogP contribution in [0.3, 0.4) is 0 Å². The highest BCUT2D eigenvalue weighted by Crippen LogP contribution is 2.09. The second-order valence-electron chi connectivity index (χ2n) is 2.91. The lowest BCUT2D eigenvalue weighted by atomic mass is 10.3. The molecular weight excluding hydrogens is 194 g/mol. The van der Waals surface area contributed by atoms with Gasteiger partial charge in [0, 0.05) is 13.2 Å². The monoisotopic (exact) mass is 209 g/mol. The van der Waals surface area contributed by atoms with Gasteiger partial charge < -0.3 is 15.2 Å². The highest BCUT2D eigenvalue weighted by Gasteiger charge is 2.18. The Morgan fingerprint density at radius 2 is 2.07 bits per heavy atom. The van der Waals surface area contributed by atoms with Gasteiger partial charge in [-0.2, -0.15) is 0 Å². The molecule has 0 aromatic heterocycles. The molecule has 4 nitrogen and oxygen atoms in total. The standard InChI is InChI=1S/C11H15NO3/c1-2-14-10(8-12)11(13)15-9-6-4-3-5-7-9/h3-7,10H,2,8,12H2,1H3. The zero-order valence-electron chi connectivity index (χ0n) is 8.68. The molecule has 0 spiro atoms. The van der Waals surface area contributed by atoms with Gasteiger partial charge in [-0.25, -0.2) is 4.79 Å². The van der Waals surface area contributed by atoms with Crippen molar-refractivity contribution in [2.24, 2.45) is 5.73 Å².